The van der Waals surface area contributed by atoms with Crippen LogP contribution in [0.1, 0.15) is 20.3 Å². The van der Waals surface area contributed by atoms with Crippen LogP contribution in [-0.2, 0) is 19.2 Å². The standard InChI is InChI=1S/C17H20NO8PS2/c1-3-12-28-27(21,24-4-2)25-14-8-7-9-15(13-14)26-29(22,23)17-11-6-5-10-16(17)18(19)20/h5-11,13H,3-4,12H2,1-2H3. The number of nitrogens with zero attached hydrogens (tertiary/aromatic N) is 1. The van der Waals surface area contributed by atoms with Gasteiger partial charge in [0.15, 0.2) is 4.90 Å². The highest BCUT2D eigenvalue weighted by Gasteiger charge is 2.29. The van der Waals surface area contributed by atoms with Crippen molar-refractivity contribution in [2.24, 2.45) is 0 Å². The van der Waals surface area contributed by atoms with Crippen LogP contribution in [0, 0.1) is 10.1 Å². The van der Waals surface area contributed by atoms with Crippen molar-refractivity contribution in [2.75, 3.05) is 12.4 Å². The summed E-state index contributed by atoms with van der Waals surface area (Å²) >= 11 is 1.04. The summed E-state index contributed by atoms with van der Waals surface area (Å²) in [5.74, 6) is 0.490. The summed E-state index contributed by atoms with van der Waals surface area (Å²) in [6.45, 7) is 0.295. The number of hydrogen-bond acceptors (Lipinski definition) is 9. The van der Waals surface area contributed by atoms with E-state index >= 15 is 0 Å². The molecule has 2 aromatic rings. The minimum atomic E-state index is -4.48. The van der Waals surface area contributed by atoms with Gasteiger partial charge in [-0.3, -0.25) is 14.6 Å². The van der Waals surface area contributed by atoms with Crippen LogP contribution in [0.5, 0.6) is 11.5 Å². The van der Waals surface area contributed by atoms with Gasteiger partial charge in [0.25, 0.3) is 5.69 Å². The third kappa shape index (κ3) is 6.46. The first kappa shape index (κ1) is 23.2. The second-order valence-electron chi connectivity index (χ2n) is 5.53. The number of para-hydroxylation sites is 1. The van der Waals surface area contributed by atoms with Crippen LogP contribution in [0.2, 0.25) is 0 Å². The van der Waals surface area contributed by atoms with Gasteiger partial charge in [-0.25, -0.2) is 4.57 Å². The molecule has 0 spiro atoms. The monoisotopic (exact) mass is 461 g/mol. The molecular formula is C17H20NO8PS2. The van der Waals surface area contributed by atoms with Crippen molar-refractivity contribution < 1.29 is 31.1 Å². The van der Waals surface area contributed by atoms with Gasteiger partial charge in [-0.1, -0.05) is 25.1 Å². The molecule has 0 radical (unpaired) electrons. The van der Waals surface area contributed by atoms with E-state index in [-0.39, 0.29) is 18.1 Å². The average Bonchev–Trinajstić information content (AvgIpc) is 2.66. The molecule has 158 valence electrons. The summed E-state index contributed by atoms with van der Waals surface area (Å²) in [7, 11) is -4.48. The maximum atomic E-state index is 12.8. The predicted molar refractivity (Wildman–Crippen MR) is 110 cm³/mol. The highest BCUT2D eigenvalue weighted by atomic mass is 32.7. The summed E-state index contributed by atoms with van der Waals surface area (Å²) in [6, 6.07) is 10.3. The summed E-state index contributed by atoms with van der Waals surface area (Å²) in [6.07, 6.45) is 0.766. The zero-order chi connectivity index (χ0) is 21.5. The lowest BCUT2D eigenvalue weighted by molar-refractivity contribution is -0.387. The Kier molecular flexibility index (Phi) is 8.09. The van der Waals surface area contributed by atoms with E-state index in [0.29, 0.717) is 5.75 Å². The second-order valence-corrected chi connectivity index (χ2v) is 11.2. The number of nitro benzene ring substituents is 1. The molecule has 0 fully saturated rings. The maximum Gasteiger partial charge on any atom is 0.440 e. The fourth-order valence-electron chi connectivity index (χ4n) is 2.15. The quantitative estimate of drug-likeness (QED) is 0.196. The Labute approximate surface area is 172 Å². The Bertz CT molecular complexity index is 1010. The van der Waals surface area contributed by atoms with Crippen LogP contribution in [0.3, 0.4) is 0 Å². The first-order valence-corrected chi connectivity index (χ1v) is 13.1. The van der Waals surface area contributed by atoms with Crippen molar-refractivity contribution in [2.45, 2.75) is 25.2 Å². The van der Waals surface area contributed by atoms with Crippen LogP contribution < -0.4 is 8.71 Å². The van der Waals surface area contributed by atoms with Crippen molar-refractivity contribution in [1.82, 2.24) is 0 Å². The van der Waals surface area contributed by atoms with Crippen molar-refractivity contribution in [3.05, 3.63) is 58.6 Å². The zero-order valence-electron chi connectivity index (χ0n) is 15.7. The molecule has 12 heteroatoms. The van der Waals surface area contributed by atoms with Crippen molar-refractivity contribution in [1.29, 1.82) is 0 Å². The molecule has 29 heavy (non-hydrogen) atoms. The van der Waals surface area contributed by atoms with E-state index in [1.165, 1.54) is 36.4 Å². The normalized spacial score (nSPS) is 13.4. The summed E-state index contributed by atoms with van der Waals surface area (Å²) in [4.78, 5) is 9.72. The van der Waals surface area contributed by atoms with Crippen molar-refractivity contribution >= 4 is 34.0 Å². The highest BCUT2D eigenvalue weighted by Crippen LogP contribution is 2.60. The third-order valence-corrected chi connectivity index (χ3v) is 8.55. The van der Waals surface area contributed by atoms with Gasteiger partial charge in [0.05, 0.1) is 11.5 Å². The van der Waals surface area contributed by atoms with Gasteiger partial charge in [-0.15, -0.1) is 0 Å². The van der Waals surface area contributed by atoms with E-state index in [0.717, 1.165) is 29.9 Å². The van der Waals surface area contributed by atoms with Crippen LogP contribution in [0.15, 0.2) is 53.4 Å². The Morgan fingerprint density at radius 2 is 1.79 bits per heavy atom. The van der Waals surface area contributed by atoms with Gasteiger partial charge in [-0.2, -0.15) is 8.42 Å². The van der Waals surface area contributed by atoms with E-state index in [2.05, 4.69) is 0 Å². The fraction of sp³-hybridized carbons (Fsp3) is 0.294. The van der Waals surface area contributed by atoms with Gasteiger partial charge >= 0.3 is 16.9 Å². The van der Waals surface area contributed by atoms with Gasteiger partial charge in [-0.05, 0) is 42.9 Å². The SMILES string of the molecule is CCCSP(=O)(OCC)Oc1cccc(OS(=O)(=O)c2ccccc2[N+](=O)[O-])c1. The minimum Gasteiger partial charge on any atom is -0.417 e. The molecule has 0 aliphatic rings. The Morgan fingerprint density at radius 1 is 1.10 bits per heavy atom. The predicted octanol–water partition coefficient (Wildman–Crippen LogP) is 5.03. The van der Waals surface area contributed by atoms with Crippen LogP contribution >= 0.6 is 18.2 Å². The molecule has 0 heterocycles. The molecule has 0 saturated heterocycles. The lowest BCUT2D eigenvalue weighted by Gasteiger charge is -2.17. The summed E-state index contributed by atoms with van der Waals surface area (Å²) in [5, 5.41) is 11.1. The lowest BCUT2D eigenvalue weighted by atomic mass is 10.3. The van der Waals surface area contributed by atoms with E-state index in [1.54, 1.807) is 6.92 Å². The largest absolute Gasteiger partial charge is 0.440 e. The van der Waals surface area contributed by atoms with Crippen molar-refractivity contribution in [3.63, 3.8) is 0 Å². The van der Waals surface area contributed by atoms with E-state index in [9.17, 15) is 23.1 Å². The van der Waals surface area contributed by atoms with E-state index in [4.69, 9.17) is 13.2 Å². The van der Waals surface area contributed by atoms with E-state index < -0.39 is 32.4 Å². The van der Waals surface area contributed by atoms with Gasteiger partial charge in [0, 0.05) is 17.9 Å². The number of rotatable bonds is 11. The topological polar surface area (TPSA) is 122 Å². The molecule has 0 aliphatic heterocycles. The zero-order valence-corrected chi connectivity index (χ0v) is 18.2. The first-order valence-electron chi connectivity index (χ1n) is 8.57. The molecule has 1 atom stereocenters. The third-order valence-electron chi connectivity index (χ3n) is 3.30. The van der Waals surface area contributed by atoms with Crippen LogP contribution in [0.4, 0.5) is 5.69 Å². The number of nitro groups is 1. The molecule has 0 saturated carbocycles. The molecule has 1 unspecified atom stereocenters. The van der Waals surface area contributed by atoms with Gasteiger partial charge in [0.1, 0.15) is 11.5 Å². The second kappa shape index (κ2) is 10.1. The smallest absolute Gasteiger partial charge is 0.417 e. The Hall–Kier alpha value is -2.07. The molecule has 2 aromatic carbocycles. The molecule has 2 rings (SSSR count). The first-order chi connectivity index (χ1) is 13.7. The Balaban J connectivity index is 2.28. The fourth-order valence-corrected chi connectivity index (χ4v) is 6.69. The number of benzene rings is 2. The molecule has 0 aliphatic carbocycles. The number of hydrogen-bond donors (Lipinski definition) is 0. The van der Waals surface area contributed by atoms with E-state index in [1.807, 2.05) is 6.92 Å². The van der Waals surface area contributed by atoms with Crippen LogP contribution in [0.25, 0.3) is 0 Å². The van der Waals surface area contributed by atoms with Crippen LogP contribution in [-0.4, -0.2) is 25.7 Å². The minimum absolute atomic E-state index is 0.0839. The van der Waals surface area contributed by atoms with Gasteiger partial charge in [0.2, 0.25) is 0 Å². The maximum absolute atomic E-state index is 12.8. The molecule has 0 bridgehead atoms. The summed E-state index contributed by atoms with van der Waals surface area (Å²) in [5.41, 5.74) is -0.600. The lowest BCUT2D eigenvalue weighted by Crippen LogP contribution is -2.12. The molecular weight excluding hydrogens is 441 g/mol. The Morgan fingerprint density at radius 3 is 2.45 bits per heavy atom. The van der Waals surface area contributed by atoms with Crippen molar-refractivity contribution in [3.8, 4) is 11.5 Å². The van der Waals surface area contributed by atoms with Gasteiger partial charge < -0.3 is 8.71 Å². The molecule has 0 amide bonds. The molecule has 0 N–H and O–H groups in total. The average molecular weight is 461 g/mol. The summed E-state index contributed by atoms with van der Waals surface area (Å²) < 4.78 is 53.6. The highest BCUT2D eigenvalue weighted by molar-refractivity contribution is 8.55. The molecule has 9 nitrogen and oxygen atoms in total. The molecule has 0 aromatic heterocycles.